The summed E-state index contributed by atoms with van der Waals surface area (Å²) < 4.78 is 1.71. The summed E-state index contributed by atoms with van der Waals surface area (Å²) >= 11 is 6.20. The van der Waals surface area contributed by atoms with Crippen molar-refractivity contribution in [1.82, 2.24) is 29.8 Å². The van der Waals surface area contributed by atoms with Gasteiger partial charge in [-0.05, 0) is 58.7 Å². The zero-order chi connectivity index (χ0) is 20.4. The van der Waals surface area contributed by atoms with Gasteiger partial charge in [-0.2, -0.15) is 0 Å². The fourth-order valence-electron chi connectivity index (χ4n) is 3.65. The maximum absolute atomic E-state index is 12.9. The van der Waals surface area contributed by atoms with Crippen LogP contribution in [0.5, 0.6) is 0 Å². The van der Waals surface area contributed by atoms with Gasteiger partial charge in [0.1, 0.15) is 11.4 Å². The molecule has 2 aromatic heterocycles. The van der Waals surface area contributed by atoms with Crippen LogP contribution in [0.3, 0.4) is 0 Å². The van der Waals surface area contributed by atoms with Gasteiger partial charge in [0.2, 0.25) is 0 Å². The van der Waals surface area contributed by atoms with Gasteiger partial charge in [-0.15, -0.1) is 5.10 Å². The molecule has 2 amide bonds. The SMILES string of the molecule is Cc1c(C2=CCN(C(=O)N(C(C)C)C(C)C)CC2)nnn1-c1cccnc1Cl. The number of carbonyl (C=O) groups excluding carboxylic acids is 1. The summed E-state index contributed by atoms with van der Waals surface area (Å²) in [5.74, 6) is 0. The molecule has 3 heterocycles. The van der Waals surface area contributed by atoms with Crippen molar-refractivity contribution in [2.75, 3.05) is 13.1 Å². The van der Waals surface area contributed by atoms with Gasteiger partial charge in [-0.25, -0.2) is 14.5 Å². The molecule has 7 nitrogen and oxygen atoms in total. The lowest BCUT2D eigenvalue weighted by atomic mass is 10.0. The fourth-order valence-corrected chi connectivity index (χ4v) is 3.85. The number of nitrogens with zero attached hydrogens (tertiary/aromatic N) is 6. The average Bonchev–Trinajstić information content (AvgIpc) is 3.03. The van der Waals surface area contributed by atoms with Gasteiger partial charge < -0.3 is 9.80 Å². The van der Waals surface area contributed by atoms with Gasteiger partial charge in [0.25, 0.3) is 0 Å². The predicted octanol–water partition coefficient (Wildman–Crippen LogP) is 3.95. The first kappa shape index (κ1) is 20.3. The van der Waals surface area contributed by atoms with E-state index < -0.39 is 0 Å². The third-order valence-corrected chi connectivity index (χ3v) is 5.27. The van der Waals surface area contributed by atoms with Crippen LogP contribution in [0, 0.1) is 6.92 Å². The van der Waals surface area contributed by atoms with E-state index >= 15 is 0 Å². The van der Waals surface area contributed by atoms with Crippen LogP contribution in [-0.2, 0) is 0 Å². The highest BCUT2D eigenvalue weighted by atomic mass is 35.5. The van der Waals surface area contributed by atoms with Crippen LogP contribution in [0.4, 0.5) is 4.79 Å². The topological polar surface area (TPSA) is 67.2 Å². The molecule has 0 radical (unpaired) electrons. The Morgan fingerprint density at radius 3 is 2.54 bits per heavy atom. The van der Waals surface area contributed by atoms with E-state index in [9.17, 15) is 4.79 Å². The number of hydrogen-bond donors (Lipinski definition) is 0. The molecular formula is C20H27ClN6O. The van der Waals surface area contributed by atoms with Gasteiger partial charge >= 0.3 is 6.03 Å². The molecule has 150 valence electrons. The molecule has 2 aromatic rings. The summed E-state index contributed by atoms with van der Waals surface area (Å²) in [5.41, 5.74) is 3.56. The third kappa shape index (κ3) is 3.90. The number of carbonyl (C=O) groups is 1. The first-order valence-electron chi connectivity index (χ1n) is 9.61. The summed E-state index contributed by atoms with van der Waals surface area (Å²) in [6.07, 6.45) is 4.47. The molecule has 0 spiro atoms. The molecule has 0 N–H and O–H groups in total. The van der Waals surface area contributed by atoms with Crippen molar-refractivity contribution in [1.29, 1.82) is 0 Å². The minimum atomic E-state index is 0.0859. The van der Waals surface area contributed by atoms with Crippen molar-refractivity contribution >= 4 is 23.2 Å². The maximum atomic E-state index is 12.9. The standard InChI is InChI=1S/C20H27ClN6O/c1-13(2)26(14(3)4)20(28)25-11-8-16(9-12-25)18-15(5)27(24-23-18)17-7-6-10-22-19(17)21/h6-8,10,13-14H,9,11-12H2,1-5H3. The molecule has 0 bridgehead atoms. The van der Waals surface area contributed by atoms with E-state index in [1.165, 1.54) is 0 Å². The van der Waals surface area contributed by atoms with E-state index in [-0.39, 0.29) is 18.1 Å². The Hall–Kier alpha value is -2.41. The number of aromatic nitrogens is 4. The number of rotatable bonds is 4. The van der Waals surface area contributed by atoms with E-state index in [1.54, 1.807) is 10.9 Å². The molecule has 0 saturated heterocycles. The maximum Gasteiger partial charge on any atom is 0.320 e. The molecule has 0 saturated carbocycles. The summed E-state index contributed by atoms with van der Waals surface area (Å²) in [6.45, 7) is 11.4. The first-order chi connectivity index (χ1) is 13.3. The molecule has 0 fully saturated rings. The van der Waals surface area contributed by atoms with Crippen LogP contribution in [0.25, 0.3) is 11.3 Å². The Morgan fingerprint density at radius 1 is 1.25 bits per heavy atom. The van der Waals surface area contributed by atoms with Crippen molar-refractivity contribution in [3.8, 4) is 5.69 Å². The molecule has 0 unspecified atom stereocenters. The molecule has 0 atom stereocenters. The summed E-state index contributed by atoms with van der Waals surface area (Å²) in [4.78, 5) is 20.8. The second-order valence-corrected chi connectivity index (χ2v) is 7.91. The summed E-state index contributed by atoms with van der Waals surface area (Å²) in [6, 6.07) is 4.11. The highest BCUT2D eigenvalue weighted by molar-refractivity contribution is 6.31. The number of hydrogen-bond acceptors (Lipinski definition) is 4. The molecule has 3 rings (SSSR count). The lowest BCUT2D eigenvalue weighted by Gasteiger charge is -2.37. The Labute approximate surface area is 171 Å². The highest BCUT2D eigenvalue weighted by Gasteiger charge is 2.27. The quantitative estimate of drug-likeness (QED) is 0.726. The summed E-state index contributed by atoms with van der Waals surface area (Å²) in [7, 11) is 0. The zero-order valence-corrected chi connectivity index (χ0v) is 17.8. The molecule has 1 aliphatic heterocycles. The fraction of sp³-hybridized carbons (Fsp3) is 0.500. The van der Waals surface area contributed by atoms with Crippen LogP contribution in [0.1, 0.15) is 45.5 Å². The van der Waals surface area contributed by atoms with Crippen LogP contribution in [0.15, 0.2) is 24.4 Å². The minimum Gasteiger partial charge on any atom is -0.321 e. The zero-order valence-electron chi connectivity index (χ0n) is 17.1. The van der Waals surface area contributed by atoms with E-state index in [2.05, 4.69) is 21.4 Å². The Bertz CT molecular complexity index is 881. The molecule has 1 aliphatic rings. The number of halogens is 1. The molecule has 8 heteroatoms. The van der Waals surface area contributed by atoms with Crippen molar-refractivity contribution in [3.63, 3.8) is 0 Å². The van der Waals surface area contributed by atoms with Gasteiger partial charge in [0, 0.05) is 31.4 Å². The van der Waals surface area contributed by atoms with E-state index in [1.807, 2.05) is 56.6 Å². The lowest BCUT2D eigenvalue weighted by Crippen LogP contribution is -2.50. The monoisotopic (exact) mass is 402 g/mol. The second-order valence-electron chi connectivity index (χ2n) is 7.55. The average molecular weight is 403 g/mol. The third-order valence-electron chi connectivity index (χ3n) is 4.98. The van der Waals surface area contributed by atoms with E-state index in [0.717, 1.165) is 23.4 Å². The Balaban J connectivity index is 1.79. The number of urea groups is 1. The van der Waals surface area contributed by atoms with Crippen molar-refractivity contribution in [2.45, 2.75) is 53.1 Å². The Morgan fingerprint density at radius 2 is 1.96 bits per heavy atom. The van der Waals surface area contributed by atoms with Gasteiger partial charge in [0.05, 0.1) is 5.69 Å². The van der Waals surface area contributed by atoms with Crippen LogP contribution in [-0.4, -0.2) is 61.0 Å². The predicted molar refractivity (Wildman–Crippen MR) is 111 cm³/mol. The molecule has 28 heavy (non-hydrogen) atoms. The van der Waals surface area contributed by atoms with Crippen molar-refractivity contribution < 1.29 is 4.79 Å². The van der Waals surface area contributed by atoms with E-state index in [0.29, 0.717) is 23.9 Å². The highest BCUT2D eigenvalue weighted by Crippen LogP contribution is 2.27. The second kappa shape index (κ2) is 8.31. The Kier molecular flexibility index (Phi) is 6.03. The van der Waals surface area contributed by atoms with E-state index in [4.69, 9.17) is 11.6 Å². The summed E-state index contributed by atoms with van der Waals surface area (Å²) in [5, 5.41) is 9.01. The minimum absolute atomic E-state index is 0.0859. The van der Waals surface area contributed by atoms with Crippen LogP contribution < -0.4 is 0 Å². The first-order valence-corrected chi connectivity index (χ1v) is 9.98. The molecule has 0 aliphatic carbocycles. The largest absolute Gasteiger partial charge is 0.321 e. The van der Waals surface area contributed by atoms with Crippen LogP contribution in [0.2, 0.25) is 5.15 Å². The van der Waals surface area contributed by atoms with Gasteiger partial charge in [-0.1, -0.05) is 22.9 Å². The number of pyridine rings is 1. The van der Waals surface area contributed by atoms with Gasteiger partial charge in [0.15, 0.2) is 5.15 Å². The molecule has 0 aromatic carbocycles. The smallest absolute Gasteiger partial charge is 0.320 e. The molecular weight excluding hydrogens is 376 g/mol. The normalized spacial score (nSPS) is 14.6. The van der Waals surface area contributed by atoms with Crippen molar-refractivity contribution in [3.05, 3.63) is 40.9 Å². The van der Waals surface area contributed by atoms with Crippen LogP contribution >= 0.6 is 11.6 Å². The van der Waals surface area contributed by atoms with Gasteiger partial charge in [-0.3, -0.25) is 0 Å². The van der Waals surface area contributed by atoms with Crippen molar-refractivity contribution in [2.24, 2.45) is 0 Å². The lowest BCUT2D eigenvalue weighted by molar-refractivity contribution is 0.128. The number of amides is 2.